The van der Waals surface area contributed by atoms with Crippen LogP contribution in [0.2, 0.25) is 0 Å². The van der Waals surface area contributed by atoms with Crippen LogP contribution in [0.1, 0.15) is 19.0 Å². The molecule has 3 heterocycles. The molecule has 0 unspecified atom stereocenters. The summed E-state index contributed by atoms with van der Waals surface area (Å²) < 4.78 is 14.4. The Hall–Kier alpha value is -2.74. The summed E-state index contributed by atoms with van der Waals surface area (Å²) in [6, 6.07) is 9.77. The van der Waals surface area contributed by atoms with Crippen LogP contribution >= 0.6 is 15.9 Å². The highest BCUT2D eigenvalue weighted by Gasteiger charge is 2.11. The summed E-state index contributed by atoms with van der Waals surface area (Å²) >= 11 is 3.48. The molecule has 146 valence electrons. The number of halogens is 1. The van der Waals surface area contributed by atoms with E-state index in [2.05, 4.69) is 36.5 Å². The van der Waals surface area contributed by atoms with Crippen molar-refractivity contribution in [3.63, 3.8) is 0 Å². The van der Waals surface area contributed by atoms with Crippen LogP contribution in [0.5, 0.6) is 11.5 Å². The summed E-state index contributed by atoms with van der Waals surface area (Å²) in [6.45, 7) is 4.61. The zero-order chi connectivity index (χ0) is 19.3. The molecule has 8 heteroatoms. The molecule has 0 radical (unpaired) electrons. The Kier molecular flexibility index (Phi) is 5.66. The highest BCUT2D eigenvalue weighted by Crippen LogP contribution is 2.32. The number of pyridine rings is 1. The van der Waals surface area contributed by atoms with E-state index in [-0.39, 0.29) is 0 Å². The normalized spacial score (nSPS) is 14.0. The van der Waals surface area contributed by atoms with Crippen molar-refractivity contribution in [1.82, 2.24) is 14.7 Å². The van der Waals surface area contributed by atoms with Gasteiger partial charge < -0.3 is 24.5 Å². The third-order valence-electron chi connectivity index (χ3n) is 4.22. The number of fused-ring (bicyclic) bond motifs is 2. The fourth-order valence-corrected chi connectivity index (χ4v) is 3.29. The Labute approximate surface area is 171 Å². The standard InChI is InChI=1S/C20H22BrN5O2/c1-2-22-20(23-11-16-13-26-12-14(21)4-7-19(26)24-16)25-15-5-6-17-18(10-15)28-9-3-8-27-17/h4-7,10,12-13H,2-3,8-9,11H2,1H3,(H2,22,23,25). The number of aliphatic imine (C=N–C) groups is 1. The van der Waals surface area contributed by atoms with Gasteiger partial charge in [-0.15, -0.1) is 0 Å². The molecule has 0 spiro atoms. The maximum absolute atomic E-state index is 5.76. The Bertz CT molecular complexity index is 1000. The molecule has 1 aromatic carbocycles. The van der Waals surface area contributed by atoms with Gasteiger partial charge in [-0.05, 0) is 47.1 Å². The highest BCUT2D eigenvalue weighted by atomic mass is 79.9. The molecule has 3 aromatic rings. The van der Waals surface area contributed by atoms with Crippen molar-refractivity contribution in [2.75, 3.05) is 25.1 Å². The van der Waals surface area contributed by atoms with E-state index in [1.807, 2.05) is 54.0 Å². The Balaban J connectivity index is 1.50. The van der Waals surface area contributed by atoms with Crippen molar-refractivity contribution in [3.05, 3.63) is 52.9 Å². The van der Waals surface area contributed by atoms with E-state index >= 15 is 0 Å². The molecular formula is C20H22BrN5O2. The molecule has 2 N–H and O–H groups in total. The lowest BCUT2D eigenvalue weighted by atomic mass is 10.3. The number of nitrogens with one attached hydrogen (secondary N) is 2. The van der Waals surface area contributed by atoms with E-state index in [4.69, 9.17) is 9.47 Å². The van der Waals surface area contributed by atoms with Gasteiger partial charge in [0.15, 0.2) is 17.5 Å². The van der Waals surface area contributed by atoms with Gasteiger partial charge in [0.1, 0.15) is 5.65 Å². The summed E-state index contributed by atoms with van der Waals surface area (Å²) in [5.41, 5.74) is 2.69. The smallest absolute Gasteiger partial charge is 0.196 e. The first-order valence-corrected chi connectivity index (χ1v) is 10.1. The fourth-order valence-electron chi connectivity index (χ4n) is 2.94. The molecule has 0 fully saturated rings. The topological polar surface area (TPSA) is 72.2 Å². The largest absolute Gasteiger partial charge is 0.490 e. The van der Waals surface area contributed by atoms with Gasteiger partial charge in [-0.25, -0.2) is 9.98 Å². The monoisotopic (exact) mass is 443 g/mol. The molecule has 1 aliphatic heterocycles. The van der Waals surface area contributed by atoms with Gasteiger partial charge in [-0.1, -0.05) is 0 Å². The maximum Gasteiger partial charge on any atom is 0.196 e. The quantitative estimate of drug-likeness (QED) is 0.473. The van der Waals surface area contributed by atoms with Gasteiger partial charge in [-0.3, -0.25) is 0 Å². The van der Waals surface area contributed by atoms with Crippen LogP contribution in [-0.4, -0.2) is 35.1 Å². The third-order valence-corrected chi connectivity index (χ3v) is 4.69. The minimum absolute atomic E-state index is 0.471. The minimum atomic E-state index is 0.471. The van der Waals surface area contributed by atoms with Gasteiger partial charge in [0, 0.05) is 41.6 Å². The van der Waals surface area contributed by atoms with E-state index in [0.29, 0.717) is 25.7 Å². The zero-order valence-electron chi connectivity index (χ0n) is 15.6. The van der Waals surface area contributed by atoms with Crippen molar-refractivity contribution in [2.24, 2.45) is 4.99 Å². The lowest BCUT2D eigenvalue weighted by Gasteiger charge is -2.13. The lowest BCUT2D eigenvalue weighted by molar-refractivity contribution is 0.297. The Morgan fingerprint density at radius 3 is 2.89 bits per heavy atom. The summed E-state index contributed by atoms with van der Waals surface area (Å²) in [7, 11) is 0. The number of ether oxygens (including phenoxy) is 2. The van der Waals surface area contributed by atoms with Crippen LogP contribution in [0.25, 0.3) is 5.65 Å². The van der Waals surface area contributed by atoms with Crippen LogP contribution in [0, 0.1) is 0 Å². The number of rotatable bonds is 4. The zero-order valence-corrected chi connectivity index (χ0v) is 17.2. The van der Waals surface area contributed by atoms with Crippen molar-refractivity contribution >= 4 is 33.2 Å². The number of imidazole rings is 1. The van der Waals surface area contributed by atoms with Crippen LogP contribution in [0.3, 0.4) is 0 Å². The molecule has 7 nitrogen and oxygen atoms in total. The second-order valence-corrected chi connectivity index (χ2v) is 7.29. The lowest BCUT2D eigenvalue weighted by Crippen LogP contribution is -2.30. The van der Waals surface area contributed by atoms with E-state index in [1.54, 1.807) is 0 Å². The molecule has 28 heavy (non-hydrogen) atoms. The molecule has 0 saturated carbocycles. The van der Waals surface area contributed by atoms with Crippen molar-refractivity contribution in [3.8, 4) is 11.5 Å². The van der Waals surface area contributed by atoms with Gasteiger partial charge in [-0.2, -0.15) is 0 Å². The number of nitrogens with zero attached hydrogens (tertiary/aromatic N) is 3. The third kappa shape index (κ3) is 4.39. The van der Waals surface area contributed by atoms with E-state index in [1.165, 1.54) is 0 Å². The Morgan fingerprint density at radius 2 is 2.04 bits per heavy atom. The van der Waals surface area contributed by atoms with Crippen molar-refractivity contribution < 1.29 is 9.47 Å². The van der Waals surface area contributed by atoms with Gasteiger partial charge in [0.05, 0.1) is 25.5 Å². The number of hydrogen-bond acceptors (Lipinski definition) is 4. The average Bonchev–Trinajstić information content (AvgIpc) is 2.94. The summed E-state index contributed by atoms with van der Waals surface area (Å²) in [6.07, 6.45) is 4.86. The molecule has 0 aliphatic carbocycles. The number of benzene rings is 1. The molecule has 0 atom stereocenters. The van der Waals surface area contributed by atoms with Crippen molar-refractivity contribution in [1.29, 1.82) is 0 Å². The predicted molar refractivity (Wildman–Crippen MR) is 113 cm³/mol. The van der Waals surface area contributed by atoms with Gasteiger partial charge >= 0.3 is 0 Å². The number of guanidine groups is 1. The summed E-state index contributed by atoms with van der Waals surface area (Å²) in [4.78, 5) is 9.27. The summed E-state index contributed by atoms with van der Waals surface area (Å²) in [5.74, 6) is 2.22. The molecule has 1 aliphatic rings. The molecule has 4 rings (SSSR count). The number of hydrogen-bond donors (Lipinski definition) is 2. The van der Waals surface area contributed by atoms with Gasteiger partial charge in [0.25, 0.3) is 0 Å². The Morgan fingerprint density at radius 1 is 1.18 bits per heavy atom. The number of anilines is 1. The minimum Gasteiger partial charge on any atom is -0.490 e. The molecule has 0 amide bonds. The molecule has 0 saturated heterocycles. The average molecular weight is 444 g/mol. The van der Waals surface area contributed by atoms with E-state index < -0.39 is 0 Å². The molecule has 2 aromatic heterocycles. The molecular weight excluding hydrogens is 422 g/mol. The summed E-state index contributed by atoms with van der Waals surface area (Å²) in [5, 5.41) is 6.59. The highest BCUT2D eigenvalue weighted by molar-refractivity contribution is 9.10. The SMILES string of the molecule is CCNC(=NCc1cn2cc(Br)ccc2n1)Nc1ccc2c(c1)OCCCO2. The van der Waals surface area contributed by atoms with Crippen molar-refractivity contribution in [2.45, 2.75) is 19.9 Å². The fraction of sp³-hybridized carbons (Fsp3) is 0.300. The first kappa shape index (κ1) is 18.6. The van der Waals surface area contributed by atoms with E-state index in [0.717, 1.165) is 46.0 Å². The van der Waals surface area contributed by atoms with Crippen LogP contribution in [-0.2, 0) is 6.54 Å². The second-order valence-electron chi connectivity index (χ2n) is 6.38. The van der Waals surface area contributed by atoms with Crippen LogP contribution < -0.4 is 20.1 Å². The van der Waals surface area contributed by atoms with Crippen LogP contribution in [0.15, 0.2) is 52.2 Å². The maximum atomic E-state index is 5.76. The van der Waals surface area contributed by atoms with E-state index in [9.17, 15) is 0 Å². The van der Waals surface area contributed by atoms with Gasteiger partial charge in [0.2, 0.25) is 0 Å². The van der Waals surface area contributed by atoms with Crippen LogP contribution in [0.4, 0.5) is 5.69 Å². The molecule has 0 bridgehead atoms. The second kappa shape index (κ2) is 8.52. The first-order chi connectivity index (χ1) is 13.7. The first-order valence-electron chi connectivity index (χ1n) is 9.29. The number of aromatic nitrogens is 2. The predicted octanol–water partition coefficient (Wildman–Crippen LogP) is 3.84.